The summed E-state index contributed by atoms with van der Waals surface area (Å²) in [5.74, 6) is -0.655. The quantitative estimate of drug-likeness (QED) is 0.460. The van der Waals surface area contributed by atoms with Gasteiger partial charge in [-0.25, -0.2) is 4.98 Å². The highest BCUT2D eigenvalue weighted by Gasteiger charge is 2.19. The largest absolute Gasteiger partial charge is 0.351 e. The van der Waals surface area contributed by atoms with Gasteiger partial charge in [-0.3, -0.25) is 20.0 Å². The molecule has 3 heterocycles. The highest BCUT2D eigenvalue weighted by molar-refractivity contribution is 7.14. The fraction of sp³-hybridized carbons (Fsp3) is 0.250. The monoisotopic (exact) mass is 390 g/mol. The molecule has 3 rings (SSSR count). The summed E-state index contributed by atoms with van der Waals surface area (Å²) in [6.45, 7) is 2.84. The Morgan fingerprint density at radius 1 is 1.31 bits per heavy atom. The lowest BCUT2D eigenvalue weighted by Gasteiger charge is -2.01. The summed E-state index contributed by atoms with van der Waals surface area (Å²) in [5.41, 5.74) is 7.55. The maximum absolute atomic E-state index is 12.5. The number of carbonyl (C=O) groups excluding carboxylic acids is 2. The number of nitrogens with two attached hydrogens (primary N) is 1. The highest BCUT2D eigenvalue weighted by Crippen LogP contribution is 2.27. The molecule has 26 heavy (non-hydrogen) atoms. The lowest BCUT2D eigenvalue weighted by Crippen LogP contribution is -2.26. The Morgan fingerprint density at radius 2 is 2.15 bits per heavy atom. The van der Waals surface area contributed by atoms with Crippen molar-refractivity contribution in [3.05, 3.63) is 39.8 Å². The molecule has 0 spiro atoms. The fourth-order valence-corrected chi connectivity index (χ4v) is 3.73. The third-order valence-electron chi connectivity index (χ3n) is 3.62. The van der Waals surface area contributed by atoms with Crippen LogP contribution in [0.25, 0.3) is 10.6 Å². The van der Waals surface area contributed by atoms with Crippen molar-refractivity contribution in [3.63, 3.8) is 0 Å². The second-order valence-electron chi connectivity index (χ2n) is 5.44. The number of aromatic nitrogens is 3. The van der Waals surface area contributed by atoms with E-state index in [1.54, 1.807) is 16.7 Å². The molecule has 0 unspecified atom stereocenters. The minimum absolute atomic E-state index is 0.264. The van der Waals surface area contributed by atoms with E-state index in [-0.39, 0.29) is 17.5 Å². The molecule has 0 saturated carbocycles. The number of anilines is 1. The van der Waals surface area contributed by atoms with Gasteiger partial charge in [-0.15, -0.1) is 22.7 Å². The Labute approximate surface area is 157 Å². The van der Waals surface area contributed by atoms with Crippen LogP contribution in [0.1, 0.15) is 33.0 Å². The number of rotatable bonds is 7. The lowest BCUT2D eigenvalue weighted by molar-refractivity contribution is 0.0947. The van der Waals surface area contributed by atoms with Gasteiger partial charge >= 0.3 is 0 Å². The Morgan fingerprint density at radius 3 is 2.88 bits per heavy atom. The van der Waals surface area contributed by atoms with Crippen molar-refractivity contribution >= 4 is 39.6 Å². The lowest BCUT2D eigenvalue weighted by atomic mass is 10.2. The topological polar surface area (TPSA) is 126 Å². The van der Waals surface area contributed by atoms with Gasteiger partial charge in [0.15, 0.2) is 10.8 Å². The van der Waals surface area contributed by atoms with Crippen LogP contribution in [-0.4, -0.2) is 40.1 Å². The second kappa shape index (κ2) is 8.21. The maximum atomic E-state index is 12.5. The van der Waals surface area contributed by atoms with E-state index in [2.05, 4.69) is 25.8 Å². The molecule has 3 aromatic rings. The van der Waals surface area contributed by atoms with E-state index in [1.807, 2.05) is 24.4 Å². The van der Waals surface area contributed by atoms with E-state index in [1.165, 1.54) is 11.3 Å². The number of carbonyl (C=O) groups is 2. The van der Waals surface area contributed by atoms with E-state index < -0.39 is 0 Å². The first-order chi connectivity index (χ1) is 12.6. The van der Waals surface area contributed by atoms with Crippen molar-refractivity contribution in [3.8, 4) is 10.6 Å². The number of amides is 2. The molecule has 0 aliphatic rings. The van der Waals surface area contributed by atoms with Crippen LogP contribution in [0.2, 0.25) is 0 Å². The average molecular weight is 390 g/mol. The molecule has 3 aromatic heterocycles. The molecule has 0 aliphatic carbocycles. The van der Waals surface area contributed by atoms with Crippen LogP contribution in [0, 0.1) is 6.92 Å². The fourth-order valence-electron chi connectivity index (χ4n) is 2.27. The molecule has 0 aromatic carbocycles. The summed E-state index contributed by atoms with van der Waals surface area (Å²) in [6.07, 6.45) is 0.699. The van der Waals surface area contributed by atoms with Crippen LogP contribution < -0.4 is 16.4 Å². The summed E-state index contributed by atoms with van der Waals surface area (Å²) in [6, 6.07) is 3.90. The molecule has 5 N–H and O–H groups in total. The van der Waals surface area contributed by atoms with Gasteiger partial charge in [-0.2, -0.15) is 5.10 Å². The van der Waals surface area contributed by atoms with Gasteiger partial charge in [0.25, 0.3) is 11.8 Å². The first-order valence-corrected chi connectivity index (χ1v) is 9.70. The van der Waals surface area contributed by atoms with Crippen LogP contribution in [0.15, 0.2) is 22.9 Å². The van der Waals surface area contributed by atoms with Gasteiger partial charge in [0, 0.05) is 17.5 Å². The number of H-pyrrole nitrogens is 1. The van der Waals surface area contributed by atoms with Crippen molar-refractivity contribution in [1.82, 2.24) is 20.5 Å². The molecule has 0 saturated heterocycles. The summed E-state index contributed by atoms with van der Waals surface area (Å²) < 4.78 is 0. The molecule has 136 valence electrons. The summed E-state index contributed by atoms with van der Waals surface area (Å²) in [4.78, 5) is 29.6. The highest BCUT2D eigenvalue weighted by atomic mass is 32.1. The van der Waals surface area contributed by atoms with Gasteiger partial charge in [0.05, 0.1) is 10.6 Å². The van der Waals surface area contributed by atoms with Crippen molar-refractivity contribution in [2.24, 2.45) is 5.73 Å². The minimum Gasteiger partial charge on any atom is -0.351 e. The van der Waals surface area contributed by atoms with Gasteiger partial charge in [-0.1, -0.05) is 6.07 Å². The molecule has 0 fully saturated rings. The number of hydrogen-bond acceptors (Lipinski definition) is 7. The second-order valence-corrected chi connectivity index (χ2v) is 7.25. The van der Waals surface area contributed by atoms with Crippen molar-refractivity contribution in [2.45, 2.75) is 13.3 Å². The Hall–Kier alpha value is -2.56. The van der Waals surface area contributed by atoms with Crippen LogP contribution in [0.5, 0.6) is 0 Å². The van der Waals surface area contributed by atoms with Gasteiger partial charge in [-0.05, 0) is 31.3 Å². The normalized spacial score (nSPS) is 10.7. The molecule has 2 amide bonds. The van der Waals surface area contributed by atoms with Crippen molar-refractivity contribution in [1.29, 1.82) is 0 Å². The van der Waals surface area contributed by atoms with E-state index in [0.29, 0.717) is 30.3 Å². The number of thiazole rings is 1. The number of aromatic amines is 1. The van der Waals surface area contributed by atoms with E-state index >= 15 is 0 Å². The van der Waals surface area contributed by atoms with Crippen molar-refractivity contribution < 1.29 is 9.59 Å². The number of thiophene rings is 1. The summed E-state index contributed by atoms with van der Waals surface area (Å²) in [5, 5.41) is 16.3. The molecule has 0 atom stereocenters. The van der Waals surface area contributed by atoms with Gasteiger partial charge < -0.3 is 11.1 Å². The SMILES string of the molecule is Cc1c(C(=O)Nc2nc(C(=O)NCCCN)cs2)n[nH]c1-c1cccs1. The molecular weight excluding hydrogens is 372 g/mol. The predicted molar refractivity (Wildman–Crippen MR) is 103 cm³/mol. The Balaban J connectivity index is 1.67. The van der Waals surface area contributed by atoms with E-state index in [0.717, 1.165) is 16.1 Å². The maximum Gasteiger partial charge on any atom is 0.278 e. The van der Waals surface area contributed by atoms with Crippen LogP contribution in [0.4, 0.5) is 5.13 Å². The average Bonchev–Trinajstić information content (AvgIpc) is 3.35. The van der Waals surface area contributed by atoms with Crippen LogP contribution >= 0.6 is 22.7 Å². The summed E-state index contributed by atoms with van der Waals surface area (Å²) in [7, 11) is 0. The number of hydrogen-bond donors (Lipinski definition) is 4. The Bertz CT molecular complexity index is 900. The number of nitrogens with zero attached hydrogens (tertiary/aromatic N) is 2. The minimum atomic E-state index is -0.369. The van der Waals surface area contributed by atoms with E-state index in [9.17, 15) is 9.59 Å². The standard InChI is InChI=1S/C16H18N6O2S2/c1-9-12(11-4-2-7-25-11)21-22-13(9)15(24)20-16-19-10(8-26-16)14(23)18-6-3-5-17/h2,4,7-8H,3,5-6,17H2,1H3,(H,18,23)(H,21,22)(H,19,20,24). The van der Waals surface area contributed by atoms with Crippen LogP contribution in [-0.2, 0) is 0 Å². The molecule has 0 radical (unpaired) electrons. The first-order valence-electron chi connectivity index (χ1n) is 7.94. The smallest absolute Gasteiger partial charge is 0.278 e. The van der Waals surface area contributed by atoms with Gasteiger partial charge in [0.2, 0.25) is 0 Å². The predicted octanol–water partition coefficient (Wildman–Crippen LogP) is 2.23. The molecule has 8 nitrogen and oxygen atoms in total. The first kappa shape index (κ1) is 18.2. The number of nitrogens with one attached hydrogen (secondary N) is 3. The van der Waals surface area contributed by atoms with E-state index in [4.69, 9.17) is 5.73 Å². The third-order valence-corrected chi connectivity index (χ3v) is 5.26. The van der Waals surface area contributed by atoms with Gasteiger partial charge in [0.1, 0.15) is 5.69 Å². The molecule has 0 bridgehead atoms. The summed E-state index contributed by atoms with van der Waals surface area (Å²) >= 11 is 2.75. The van der Waals surface area contributed by atoms with Crippen molar-refractivity contribution in [2.75, 3.05) is 18.4 Å². The zero-order chi connectivity index (χ0) is 18.5. The third kappa shape index (κ3) is 3.98. The molecule has 0 aliphatic heterocycles. The van der Waals surface area contributed by atoms with Crippen LogP contribution in [0.3, 0.4) is 0 Å². The zero-order valence-corrected chi connectivity index (χ0v) is 15.7. The molecule has 10 heteroatoms. The zero-order valence-electron chi connectivity index (χ0n) is 14.0. The molecular formula is C16H18N6O2S2. The Kier molecular flexibility index (Phi) is 5.76.